The van der Waals surface area contributed by atoms with Crippen LogP contribution in [0.3, 0.4) is 0 Å². The van der Waals surface area contributed by atoms with Gasteiger partial charge < -0.3 is 5.32 Å². The second-order valence-electron chi connectivity index (χ2n) is 5.28. The highest BCUT2D eigenvalue weighted by molar-refractivity contribution is 9.10. The minimum atomic E-state index is -0.0994. The van der Waals surface area contributed by atoms with Crippen LogP contribution < -0.4 is 16.2 Å². The number of amides is 1. The van der Waals surface area contributed by atoms with Gasteiger partial charge in [-0.15, -0.1) is 11.3 Å². The molecular formula is C16H18BrN3OS. The van der Waals surface area contributed by atoms with Gasteiger partial charge in [0.05, 0.1) is 12.0 Å². The first-order valence-corrected chi connectivity index (χ1v) is 8.95. The van der Waals surface area contributed by atoms with Crippen molar-refractivity contribution in [3.8, 4) is 0 Å². The number of hydrogen-bond donors (Lipinski definition) is 3. The number of halogens is 1. The number of rotatable bonds is 5. The van der Waals surface area contributed by atoms with E-state index in [9.17, 15) is 4.79 Å². The Hall–Kier alpha value is -1.21. The number of hydrazine groups is 1. The fraction of sp³-hybridized carbons (Fsp3) is 0.312. The second-order valence-corrected chi connectivity index (χ2v) is 7.23. The molecule has 1 aromatic heterocycles. The van der Waals surface area contributed by atoms with Gasteiger partial charge in [-0.3, -0.25) is 10.2 Å². The third-order valence-electron chi connectivity index (χ3n) is 3.78. The lowest BCUT2D eigenvalue weighted by atomic mass is 9.94. The van der Waals surface area contributed by atoms with Crippen LogP contribution in [0.25, 0.3) is 0 Å². The molecule has 2 unspecified atom stereocenters. The Morgan fingerprint density at radius 1 is 1.36 bits per heavy atom. The van der Waals surface area contributed by atoms with Gasteiger partial charge in [0.1, 0.15) is 0 Å². The summed E-state index contributed by atoms with van der Waals surface area (Å²) >= 11 is 5.21. The average Bonchev–Trinajstić information content (AvgIpc) is 3.18. The van der Waals surface area contributed by atoms with Crippen molar-refractivity contribution in [3.63, 3.8) is 0 Å². The molecule has 1 fully saturated rings. The maximum absolute atomic E-state index is 12.4. The molecule has 1 aliphatic rings. The van der Waals surface area contributed by atoms with Crippen LogP contribution in [0.15, 0.2) is 46.3 Å². The third kappa shape index (κ3) is 3.76. The van der Waals surface area contributed by atoms with Gasteiger partial charge in [0.25, 0.3) is 0 Å². The molecule has 2 heterocycles. The molecule has 3 rings (SSSR count). The lowest BCUT2D eigenvalue weighted by Gasteiger charge is -2.18. The van der Waals surface area contributed by atoms with Crippen LogP contribution in [-0.4, -0.2) is 19.0 Å². The van der Waals surface area contributed by atoms with Crippen LogP contribution in [0.2, 0.25) is 0 Å². The van der Waals surface area contributed by atoms with Crippen LogP contribution in [0, 0.1) is 5.92 Å². The molecular weight excluding hydrogens is 362 g/mol. The predicted molar refractivity (Wildman–Crippen MR) is 92.5 cm³/mol. The first-order valence-electron chi connectivity index (χ1n) is 7.28. The quantitative estimate of drug-likeness (QED) is 0.748. The van der Waals surface area contributed by atoms with Gasteiger partial charge in [-0.05, 0) is 35.6 Å². The van der Waals surface area contributed by atoms with Crippen molar-refractivity contribution in [2.24, 2.45) is 5.92 Å². The molecule has 2 atom stereocenters. The minimum absolute atomic E-state index is 0.000706. The summed E-state index contributed by atoms with van der Waals surface area (Å²) in [4.78, 5) is 13.7. The Bertz CT molecular complexity index is 632. The second kappa shape index (κ2) is 7.37. The summed E-state index contributed by atoms with van der Waals surface area (Å²) in [7, 11) is 0. The van der Waals surface area contributed by atoms with Crippen molar-refractivity contribution in [2.45, 2.75) is 12.5 Å². The van der Waals surface area contributed by atoms with Gasteiger partial charge in [0, 0.05) is 22.4 Å². The van der Waals surface area contributed by atoms with Crippen molar-refractivity contribution in [1.82, 2.24) is 16.2 Å². The predicted octanol–water partition coefficient (Wildman–Crippen LogP) is 2.63. The van der Waals surface area contributed by atoms with Crippen LogP contribution >= 0.6 is 27.3 Å². The van der Waals surface area contributed by atoms with Crippen molar-refractivity contribution in [1.29, 1.82) is 0 Å². The summed E-state index contributed by atoms with van der Waals surface area (Å²) < 4.78 is 1.02. The van der Waals surface area contributed by atoms with Gasteiger partial charge in [0.15, 0.2) is 0 Å². The minimum Gasteiger partial charge on any atom is -0.355 e. The van der Waals surface area contributed by atoms with Gasteiger partial charge >= 0.3 is 0 Å². The fourth-order valence-electron chi connectivity index (χ4n) is 2.65. The lowest BCUT2D eigenvalue weighted by molar-refractivity contribution is -0.124. The summed E-state index contributed by atoms with van der Waals surface area (Å²) in [6.45, 7) is 1.32. The van der Waals surface area contributed by atoms with E-state index in [0.717, 1.165) is 16.5 Å². The highest BCUT2D eigenvalue weighted by Gasteiger charge is 2.33. The van der Waals surface area contributed by atoms with E-state index in [0.29, 0.717) is 13.1 Å². The Labute approximate surface area is 142 Å². The standard InChI is InChI=1S/C16H18BrN3OS/c17-12-4-1-3-11(9-12)15-14(10-19-20-15)16(21)18-7-6-13-5-2-8-22-13/h1-5,8-9,14-15,19-20H,6-7,10H2,(H,18,21). The van der Waals surface area contributed by atoms with E-state index in [-0.39, 0.29) is 17.9 Å². The summed E-state index contributed by atoms with van der Waals surface area (Å²) in [5, 5.41) is 5.11. The number of benzene rings is 1. The van der Waals surface area contributed by atoms with Crippen LogP contribution in [0.1, 0.15) is 16.5 Å². The van der Waals surface area contributed by atoms with E-state index in [4.69, 9.17) is 0 Å². The summed E-state index contributed by atoms with van der Waals surface area (Å²) in [6, 6.07) is 12.2. The lowest BCUT2D eigenvalue weighted by Crippen LogP contribution is -2.36. The first-order chi connectivity index (χ1) is 10.7. The molecule has 0 aliphatic carbocycles. The summed E-state index contributed by atoms with van der Waals surface area (Å²) in [5.74, 6) is -0.00309. The zero-order valence-electron chi connectivity index (χ0n) is 12.0. The van der Waals surface area contributed by atoms with Crippen LogP contribution in [-0.2, 0) is 11.2 Å². The van der Waals surface area contributed by atoms with E-state index < -0.39 is 0 Å². The molecule has 4 nitrogen and oxygen atoms in total. The molecule has 0 saturated carbocycles. The van der Waals surface area contributed by atoms with Gasteiger partial charge in [-0.25, -0.2) is 5.43 Å². The number of nitrogens with one attached hydrogen (secondary N) is 3. The van der Waals surface area contributed by atoms with Gasteiger partial charge in [0.2, 0.25) is 5.91 Å². The molecule has 3 N–H and O–H groups in total. The fourth-order valence-corrected chi connectivity index (χ4v) is 3.78. The zero-order valence-corrected chi connectivity index (χ0v) is 14.4. The Kier molecular flexibility index (Phi) is 5.25. The van der Waals surface area contributed by atoms with Crippen molar-refractivity contribution in [3.05, 3.63) is 56.7 Å². The molecule has 22 heavy (non-hydrogen) atoms. The Balaban J connectivity index is 1.59. The smallest absolute Gasteiger partial charge is 0.226 e. The highest BCUT2D eigenvalue weighted by Crippen LogP contribution is 2.27. The summed E-state index contributed by atoms with van der Waals surface area (Å²) in [5.41, 5.74) is 7.42. The molecule has 1 amide bonds. The zero-order chi connectivity index (χ0) is 15.4. The van der Waals surface area contributed by atoms with E-state index >= 15 is 0 Å². The Morgan fingerprint density at radius 3 is 3.05 bits per heavy atom. The van der Waals surface area contributed by atoms with E-state index in [1.165, 1.54) is 4.88 Å². The molecule has 6 heteroatoms. The SMILES string of the molecule is O=C(NCCc1cccs1)C1CNNC1c1cccc(Br)c1. The summed E-state index contributed by atoms with van der Waals surface area (Å²) in [6.07, 6.45) is 0.887. The molecule has 0 spiro atoms. The van der Waals surface area contributed by atoms with Gasteiger partial charge in [-0.1, -0.05) is 34.1 Å². The van der Waals surface area contributed by atoms with E-state index in [1.54, 1.807) is 11.3 Å². The van der Waals surface area contributed by atoms with E-state index in [2.05, 4.69) is 49.6 Å². The average molecular weight is 380 g/mol. The first kappa shape index (κ1) is 15.7. The topological polar surface area (TPSA) is 53.2 Å². The molecule has 1 aliphatic heterocycles. The largest absolute Gasteiger partial charge is 0.355 e. The van der Waals surface area contributed by atoms with Crippen molar-refractivity contribution >= 4 is 33.2 Å². The van der Waals surface area contributed by atoms with Crippen LogP contribution in [0.4, 0.5) is 0 Å². The molecule has 2 aromatic rings. The number of thiophene rings is 1. The Morgan fingerprint density at radius 2 is 2.27 bits per heavy atom. The molecule has 0 bridgehead atoms. The number of hydrogen-bond acceptors (Lipinski definition) is 4. The molecule has 1 aromatic carbocycles. The molecule has 1 saturated heterocycles. The maximum atomic E-state index is 12.4. The normalized spacial score (nSPS) is 21.0. The molecule has 116 valence electrons. The van der Waals surface area contributed by atoms with Crippen LogP contribution in [0.5, 0.6) is 0 Å². The van der Waals surface area contributed by atoms with Gasteiger partial charge in [-0.2, -0.15) is 0 Å². The highest BCUT2D eigenvalue weighted by atomic mass is 79.9. The third-order valence-corrected chi connectivity index (χ3v) is 5.21. The number of carbonyl (C=O) groups is 1. The van der Waals surface area contributed by atoms with E-state index in [1.807, 2.05) is 24.3 Å². The van der Waals surface area contributed by atoms with Crippen molar-refractivity contribution in [2.75, 3.05) is 13.1 Å². The molecule has 0 radical (unpaired) electrons. The van der Waals surface area contributed by atoms with Crippen molar-refractivity contribution < 1.29 is 4.79 Å². The number of carbonyl (C=O) groups excluding carboxylic acids is 1. The maximum Gasteiger partial charge on any atom is 0.226 e. The monoisotopic (exact) mass is 379 g/mol.